The van der Waals surface area contributed by atoms with Gasteiger partial charge in [-0.25, -0.2) is 4.39 Å². The minimum Gasteiger partial charge on any atom is -0.481 e. The summed E-state index contributed by atoms with van der Waals surface area (Å²) in [6.07, 6.45) is 0.0446. The molecule has 19 heavy (non-hydrogen) atoms. The molecule has 0 aliphatic heterocycles. The molecule has 0 bridgehead atoms. The van der Waals surface area contributed by atoms with Crippen molar-refractivity contribution in [2.45, 2.75) is 17.1 Å². The van der Waals surface area contributed by atoms with Gasteiger partial charge in [0.15, 0.2) is 0 Å². The summed E-state index contributed by atoms with van der Waals surface area (Å²) < 4.78 is 12.7. The van der Waals surface area contributed by atoms with Crippen LogP contribution in [0.3, 0.4) is 0 Å². The number of carboxylic acids is 1. The number of rotatable bonds is 5. The quantitative estimate of drug-likeness (QED) is 0.845. The summed E-state index contributed by atoms with van der Waals surface area (Å²) in [5.41, 5.74) is 1.85. The Labute approximate surface area is 115 Å². The largest absolute Gasteiger partial charge is 0.481 e. The van der Waals surface area contributed by atoms with Crippen molar-refractivity contribution < 1.29 is 14.3 Å². The second-order valence-corrected chi connectivity index (χ2v) is 5.18. The third-order valence-corrected chi connectivity index (χ3v) is 3.68. The zero-order chi connectivity index (χ0) is 13.7. The van der Waals surface area contributed by atoms with Crippen LogP contribution in [-0.4, -0.2) is 11.1 Å². The normalized spacial score (nSPS) is 10.4. The molecular weight excluding hydrogens is 263 g/mol. The zero-order valence-electron chi connectivity index (χ0n) is 10.2. The fourth-order valence-corrected chi connectivity index (χ4v) is 2.48. The molecule has 0 fully saturated rings. The SMILES string of the molecule is O=C(O)Cc1ccc(SCc2ccc(F)cc2)cc1. The number of aliphatic carboxylic acids is 1. The fourth-order valence-electron chi connectivity index (χ4n) is 1.63. The number of carbonyl (C=O) groups is 1. The minimum absolute atomic E-state index is 0.0446. The van der Waals surface area contributed by atoms with Gasteiger partial charge >= 0.3 is 5.97 Å². The summed E-state index contributed by atoms with van der Waals surface area (Å²) in [4.78, 5) is 11.6. The molecule has 2 rings (SSSR count). The van der Waals surface area contributed by atoms with E-state index in [9.17, 15) is 9.18 Å². The van der Waals surface area contributed by atoms with Crippen LogP contribution in [-0.2, 0) is 17.0 Å². The molecule has 0 aliphatic rings. The number of hydrogen-bond donors (Lipinski definition) is 1. The molecule has 2 aromatic rings. The first-order valence-corrected chi connectivity index (χ1v) is 6.80. The summed E-state index contributed by atoms with van der Waals surface area (Å²) in [7, 11) is 0. The van der Waals surface area contributed by atoms with Gasteiger partial charge in [-0.3, -0.25) is 4.79 Å². The van der Waals surface area contributed by atoms with E-state index in [2.05, 4.69) is 0 Å². The minimum atomic E-state index is -0.827. The molecule has 98 valence electrons. The summed E-state index contributed by atoms with van der Waals surface area (Å²) in [6.45, 7) is 0. The number of thioether (sulfide) groups is 1. The summed E-state index contributed by atoms with van der Waals surface area (Å²) in [6, 6.07) is 13.9. The predicted molar refractivity (Wildman–Crippen MR) is 73.7 cm³/mol. The Morgan fingerprint density at radius 1 is 1.00 bits per heavy atom. The van der Waals surface area contributed by atoms with Crippen molar-refractivity contribution in [1.29, 1.82) is 0 Å². The van der Waals surface area contributed by atoms with Gasteiger partial charge in [0, 0.05) is 10.6 Å². The average Bonchev–Trinajstić information content (AvgIpc) is 2.39. The lowest BCUT2D eigenvalue weighted by molar-refractivity contribution is -0.136. The molecule has 0 atom stereocenters. The molecule has 0 heterocycles. The summed E-state index contributed by atoms with van der Waals surface area (Å²) in [5.74, 6) is -0.294. The Bertz CT molecular complexity index is 549. The Morgan fingerprint density at radius 2 is 1.58 bits per heavy atom. The molecule has 4 heteroatoms. The predicted octanol–water partition coefficient (Wildman–Crippen LogP) is 3.75. The standard InChI is InChI=1S/C15H13FO2S/c16-13-5-1-12(2-6-13)10-19-14-7-3-11(4-8-14)9-15(17)18/h1-8H,9-10H2,(H,17,18). The van der Waals surface area contributed by atoms with Gasteiger partial charge in [-0.05, 0) is 35.4 Å². The highest BCUT2D eigenvalue weighted by Gasteiger charge is 2.01. The maximum absolute atomic E-state index is 12.7. The molecule has 0 aliphatic carbocycles. The fraction of sp³-hybridized carbons (Fsp3) is 0.133. The van der Waals surface area contributed by atoms with E-state index in [0.29, 0.717) is 0 Å². The van der Waals surface area contributed by atoms with Crippen LogP contribution >= 0.6 is 11.8 Å². The molecule has 0 spiro atoms. The Morgan fingerprint density at radius 3 is 2.16 bits per heavy atom. The van der Waals surface area contributed by atoms with Crippen molar-refractivity contribution in [1.82, 2.24) is 0 Å². The number of benzene rings is 2. The molecule has 2 aromatic carbocycles. The summed E-state index contributed by atoms with van der Waals surface area (Å²) >= 11 is 1.64. The summed E-state index contributed by atoms with van der Waals surface area (Å²) in [5, 5.41) is 8.67. The van der Waals surface area contributed by atoms with Gasteiger partial charge in [0.1, 0.15) is 5.82 Å². The first kappa shape index (κ1) is 13.6. The highest BCUT2D eigenvalue weighted by Crippen LogP contribution is 2.23. The van der Waals surface area contributed by atoms with E-state index in [1.165, 1.54) is 12.1 Å². The molecule has 2 nitrogen and oxygen atoms in total. The average molecular weight is 276 g/mol. The second-order valence-electron chi connectivity index (χ2n) is 4.13. The first-order chi connectivity index (χ1) is 9.13. The van der Waals surface area contributed by atoms with Crippen molar-refractivity contribution in [2.24, 2.45) is 0 Å². The van der Waals surface area contributed by atoms with Crippen LogP contribution in [0.5, 0.6) is 0 Å². The van der Waals surface area contributed by atoms with Crippen molar-refractivity contribution in [3.05, 3.63) is 65.5 Å². The van der Waals surface area contributed by atoms with Crippen molar-refractivity contribution in [3.63, 3.8) is 0 Å². The Kier molecular flexibility index (Phi) is 4.58. The second kappa shape index (κ2) is 6.38. The van der Waals surface area contributed by atoms with E-state index in [-0.39, 0.29) is 12.2 Å². The van der Waals surface area contributed by atoms with Gasteiger partial charge in [0.25, 0.3) is 0 Å². The van der Waals surface area contributed by atoms with Crippen LogP contribution in [0.2, 0.25) is 0 Å². The van der Waals surface area contributed by atoms with Gasteiger partial charge in [-0.1, -0.05) is 24.3 Å². The van der Waals surface area contributed by atoms with Crippen LogP contribution in [0, 0.1) is 5.82 Å². The lowest BCUT2D eigenvalue weighted by Gasteiger charge is -2.03. The third-order valence-electron chi connectivity index (χ3n) is 2.60. The first-order valence-electron chi connectivity index (χ1n) is 5.81. The molecule has 1 N–H and O–H groups in total. The Balaban J connectivity index is 1.92. The van der Waals surface area contributed by atoms with Gasteiger partial charge in [-0.15, -0.1) is 11.8 Å². The molecular formula is C15H13FO2S. The zero-order valence-corrected chi connectivity index (χ0v) is 11.0. The number of halogens is 1. The van der Waals surface area contributed by atoms with Crippen molar-refractivity contribution in [3.8, 4) is 0 Å². The van der Waals surface area contributed by atoms with Crippen LogP contribution in [0.4, 0.5) is 4.39 Å². The lowest BCUT2D eigenvalue weighted by atomic mass is 10.2. The highest BCUT2D eigenvalue weighted by molar-refractivity contribution is 7.98. The van der Waals surface area contributed by atoms with E-state index in [0.717, 1.165) is 21.8 Å². The molecule has 0 amide bonds. The molecule has 0 unspecified atom stereocenters. The monoisotopic (exact) mass is 276 g/mol. The van der Waals surface area contributed by atoms with Crippen molar-refractivity contribution in [2.75, 3.05) is 0 Å². The van der Waals surface area contributed by atoms with E-state index in [1.54, 1.807) is 23.9 Å². The number of hydrogen-bond acceptors (Lipinski definition) is 2. The smallest absolute Gasteiger partial charge is 0.307 e. The van der Waals surface area contributed by atoms with Crippen LogP contribution in [0.25, 0.3) is 0 Å². The highest BCUT2D eigenvalue weighted by atomic mass is 32.2. The van der Waals surface area contributed by atoms with E-state index >= 15 is 0 Å². The lowest BCUT2D eigenvalue weighted by Crippen LogP contribution is -1.99. The van der Waals surface area contributed by atoms with E-state index in [1.807, 2.05) is 24.3 Å². The van der Waals surface area contributed by atoms with Crippen molar-refractivity contribution >= 4 is 17.7 Å². The Hall–Kier alpha value is -1.81. The van der Waals surface area contributed by atoms with Gasteiger partial charge < -0.3 is 5.11 Å². The maximum atomic E-state index is 12.7. The molecule has 0 saturated carbocycles. The van der Waals surface area contributed by atoms with Crippen LogP contribution in [0.1, 0.15) is 11.1 Å². The maximum Gasteiger partial charge on any atom is 0.307 e. The third kappa shape index (κ3) is 4.41. The van der Waals surface area contributed by atoms with E-state index in [4.69, 9.17) is 5.11 Å². The van der Waals surface area contributed by atoms with Crippen LogP contribution < -0.4 is 0 Å². The van der Waals surface area contributed by atoms with E-state index < -0.39 is 5.97 Å². The molecule has 0 saturated heterocycles. The van der Waals surface area contributed by atoms with Crippen LogP contribution in [0.15, 0.2) is 53.4 Å². The molecule has 0 radical (unpaired) electrons. The van der Waals surface area contributed by atoms with Gasteiger partial charge in [-0.2, -0.15) is 0 Å². The number of carboxylic acid groups (broad SMARTS) is 1. The van der Waals surface area contributed by atoms with Gasteiger partial charge in [0.2, 0.25) is 0 Å². The van der Waals surface area contributed by atoms with Gasteiger partial charge in [0.05, 0.1) is 6.42 Å². The topological polar surface area (TPSA) is 37.3 Å². The molecule has 0 aromatic heterocycles.